The number of hydrogen-bond donors (Lipinski definition) is 3. The molecule has 2 saturated heterocycles. The van der Waals surface area contributed by atoms with Gasteiger partial charge in [-0.05, 0) is 104 Å². The molecule has 16 nitrogen and oxygen atoms in total. The van der Waals surface area contributed by atoms with Gasteiger partial charge in [0.25, 0.3) is 20.0 Å². The molecule has 1 atom stereocenters. The van der Waals surface area contributed by atoms with E-state index in [9.17, 15) is 21.6 Å². The Morgan fingerprint density at radius 3 is 1.73 bits per heavy atom. The molecule has 0 aliphatic carbocycles. The van der Waals surface area contributed by atoms with Gasteiger partial charge in [0.2, 0.25) is 5.91 Å². The lowest BCUT2D eigenvalue weighted by atomic mass is 10.00. The van der Waals surface area contributed by atoms with Gasteiger partial charge < -0.3 is 24.9 Å². The van der Waals surface area contributed by atoms with E-state index in [0.29, 0.717) is 26.2 Å². The summed E-state index contributed by atoms with van der Waals surface area (Å²) < 4.78 is 54.8. The number of hydrogen-bond acceptors (Lipinski definition) is 13. The van der Waals surface area contributed by atoms with Crippen molar-refractivity contribution in [1.29, 1.82) is 0 Å². The van der Waals surface area contributed by atoms with Crippen molar-refractivity contribution in [3.8, 4) is 0 Å². The predicted molar refractivity (Wildman–Crippen MR) is 229 cm³/mol. The van der Waals surface area contributed by atoms with Crippen molar-refractivity contribution in [1.82, 2.24) is 30.2 Å². The van der Waals surface area contributed by atoms with Gasteiger partial charge in [-0.15, -0.1) is 0 Å². The molecule has 2 fully saturated rings. The van der Waals surface area contributed by atoms with Gasteiger partial charge in [-0.25, -0.2) is 36.8 Å². The molecule has 5 aromatic rings. The van der Waals surface area contributed by atoms with Crippen molar-refractivity contribution in [2.24, 2.45) is 0 Å². The van der Waals surface area contributed by atoms with Crippen LogP contribution in [0.1, 0.15) is 18.9 Å². The normalized spacial score (nSPS) is 16.3. The molecule has 310 valence electrons. The van der Waals surface area contributed by atoms with E-state index in [4.69, 9.17) is 11.6 Å². The molecule has 1 unspecified atom stereocenters. The number of aryl methyl sites for hydroxylation is 1. The van der Waals surface area contributed by atoms with E-state index in [1.807, 2.05) is 42.2 Å². The first kappa shape index (κ1) is 41.6. The number of amides is 1. The average molecular weight is 860 g/mol. The summed E-state index contributed by atoms with van der Waals surface area (Å²) in [6.45, 7) is 9.13. The molecule has 3 aliphatic rings. The van der Waals surface area contributed by atoms with Gasteiger partial charge in [-0.3, -0.25) is 14.2 Å². The molecule has 19 heteroatoms. The summed E-state index contributed by atoms with van der Waals surface area (Å²) in [4.78, 5) is 37.6. The third-order valence-corrected chi connectivity index (χ3v) is 13.4. The molecule has 1 amide bonds. The monoisotopic (exact) mass is 859 g/mol. The topological polar surface area (TPSA) is 186 Å². The molecule has 0 bridgehead atoms. The summed E-state index contributed by atoms with van der Waals surface area (Å²) >= 11 is 6.18. The highest BCUT2D eigenvalue weighted by molar-refractivity contribution is 7.93. The Bertz CT molecular complexity index is 2400. The molecule has 0 spiro atoms. The number of anilines is 5. The summed E-state index contributed by atoms with van der Waals surface area (Å²) in [5.74, 6) is 0.590. The van der Waals surface area contributed by atoms with Crippen molar-refractivity contribution >= 4 is 66.3 Å². The number of nitrogens with one attached hydrogen (secondary N) is 3. The van der Waals surface area contributed by atoms with E-state index in [1.165, 1.54) is 42.7 Å². The number of sulfonamides is 2. The summed E-state index contributed by atoms with van der Waals surface area (Å²) in [6.07, 6.45) is 7.51. The van der Waals surface area contributed by atoms with Gasteiger partial charge >= 0.3 is 0 Å². The Labute approximate surface area is 349 Å². The van der Waals surface area contributed by atoms with E-state index in [2.05, 4.69) is 49.4 Å². The number of fused-ring (bicyclic) bond motifs is 1. The number of carbonyl (C=O) groups is 1. The van der Waals surface area contributed by atoms with Crippen LogP contribution in [0.25, 0.3) is 0 Å². The SMILES string of the molecule is CC(C(=O)N1CCN(c2ccc(S(=O)(=O)Nc3ccncn3)cc2)CC1)N1CCCc2cc(Cl)ccc21.O=S(=O)(Nc1ccncn1)c1ccc(N2CCNCC2)cc1. The number of carbonyl (C=O) groups excluding carboxylic acids is 1. The van der Waals surface area contributed by atoms with Gasteiger partial charge in [-0.2, -0.15) is 0 Å². The minimum absolute atomic E-state index is 0.125. The van der Waals surface area contributed by atoms with Gasteiger partial charge in [-0.1, -0.05) is 11.6 Å². The summed E-state index contributed by atoms with van der Waals surface area (Å²) in [5.41, 5.74) is 4.24. The molecule has 3 aromatic carbocycles. The summed E-state index contributed by atoms with van der Waals surface area (Å²) in [7, 11) is -7.38. The average Bonchev–Trinajstić information content (AvgIpc) is 3.26. The fourth-order valence-electron chi connectivity index (χ4n) is 7.27. The van der Waals surface area contributed by atoms with Crippen LogP contribution >= 0.6 is 11.6 Å². The van der Waals surface area contributed by atoms with Gasteiger partial charge in [0.15, 0.2) is 0 Å². The maximum absolute atomic E-state index is 13.4. The maximum Gasteiger partial charge on any atom is 0.263 e. The molecule has 0 saturated carbocycles. The van der Waals surface area contributed by atoms with Crippen LogP contribution in [0.2, 0.25) is 5.02 Å². The minimum atomic E-state index is -3.75. The Morgan fingerprint density at radius 2 is 1.22 bits per heavy atom. The number of aromatic nitrogens is 4. The number of benzene rings is 3. The molecule has 3 aliphatic heterocycles. The van der Waals surface area contributed by atoms with Crippen LogP contribution in [-0.2, 0) is 31.3 Å². The largest absolute Gasteiger partial charge is 0.369 e. The fraction of sp³-hybridized carbons (Fsp3) is 0.325. The van der Waals surface area contributed by atoms with E-state index < -0.39 is 20.0 Å². The Balaban J connectivity index is 0.000000204. The lowest BCUT2D eigenvalue weighted by Gasteiger charge is -2.41. The molecule has 8 rings (SSSR count). The Hall–Kier alpha value is -5.56. The second-order valence-corrected chi connectivity index (χ2v) is 18.0. The highest BCUT2D eigenvalue weighted by atomic mass is 35.5. The molecule has 3 N–H and O–H groups in total. The molecule has 2 aromatic heterocycles. The quantitative estimate of drug-likeness (QED) is 0.183. The number of rotatable bonds is 10. The third-order valence-electron chi connectivity index (χ3n) is 10.4. The predicted octanol–water partition coefficient (Wildman–Crippen LogP) is 4.11. The number of halogens is 1. The van der Waals surface area contributed by atoms with Gasteiger partial charge in [0, 0.05) is 93.4 Å². The molecule has 59 heavy (non-hydrogen) atoms. The number of piperazine rings is 2. The van der Waals surface area contributed by atoms with Crippen molar-refractivity contribution in [2.75, 3.05) is 83.0 Å². The van der Waals surface area contributed by atoms with E-state index in [1.54, 1.807) is 36.4 Å². The Kier molecular flexibility index (Phi) is 13.1. The zero-order valence-electron chi connectivity index (χ0n) is 32.5. The standard InChI is InChI=1S/C26H29ClN6O3S.C14H17N5O2S/c1-19(33-12-2-3-20-17-21(27)4-9-24(20)33)26(34)32-15-13-31(14-16-32)22-5-7-23(8-6-22)37(35,36)30-25-10-11-28-18-29-25;20-22(21,18-14-5-6-16-11-17-14)13-3-1-12(2-4-13)19-9-7-15-8-10-19/h4-11,17-19H,2-3,12-16H2,1H3,(H,28,29,30);1-6,11,15H,7-10H2,(H,16,17,18). The van der Waals surface area contributed by atoms with E-state index in [-0.39, 0.29) is 33.4 Å². The van der Waals surface area contributed by atoms with Crippen LogP contribution < -0.4 is 29.5 Å². The lowest BCUT2D eigenvalue weighted by molar-refractivity contribution is -0.132. The van der Waals surface area contributed by atoms with Crippen LogP contribution in [-0.4, -0.2) is 113 Å². The lowest BCUT2D eigenvalue weighted by Crippen LogP contribution is -2.55. The second-order valence-electron chi connectivity index (χ2n) is 14.2. The van der Waals surface area contributed by atoms with Crippen molar-refractivity contribution in [3.05, 3.63) is 114 Å². The van der Waals surface area contributed by atoms with Crippen molar-refractivity contribution in [2.45, 2.75) is 35.6 Å². The first-order valence-electron chi connectivity index (χ1n) is 19.3. The first-order valence-corrected chi connectivity index (χ1v) is 22.6. The van der Waals surface area contributed by atoms with Gasteiger partial charge in [0.1, 0.15) is 30.3 Å². The van der Waals surface area contributed by atoms with E-state index in [0.717, 1.165) is 67.7 Å². The van der Waals surface area contributed by atoms with Crippen LogP contribution in [0.15, 0.2) is 114 Å². The van der Waals surface area contributed by atoms with Gasteiger partial charge in [0.05, 0.1) is 9.79 Å². The summed E-state index contributed by atoms with van der Waals surface area (Å²) in [6, 6.07) is 22.3. The fourth-order valence-corrected chi connectivity index (χ4v) is 9.48. The molecular weight excluding hydrogens is 814 g/mol. The highest BCUT2D eigenvalue weighted by Crippen LogP contribution is 2.32. The van der Waals surface area contributed by atoms with Crippen LogP contribution in [0, 0.1) is 0 Å². The molecular formula is C40H46ClN11O5S2. The highest BCUT2D eigenvalue weighted by Gasteiger charge is 2.31. The van der Waals surface area contributed by atoms with Crippen LogP contribution in [0.3, 0.4) is 0 Å². The zero-order chi connectivity index (χ0) is 41.4. The zero-order valence-corrected chi connectivity index (χ0v) is 34.9. The van der Waals surface area contributed by atoms with Crippen molar-refractivity contribution in [3.63, 3.8) is 0 Å². The maximum atomic E-state index is 13.4. The molecule has 5 heterocycles. The smallest absolute Gasteiger partial charge is 0.263 e. The van der Waals surface area contributed by atoms with Crippen molar-refractivity contribution < 1.29 is 21.6 Å². The first-order chi connectivity index (χ1) is 28.5. The third kappa shape index (κ3) is 10.4. The minimum Gasteiger partial charge on any atom is -0.369 e. The van der Waals surface area contributed by atoms with Crippen LogP contribution in [0.5, 0.6) is 0 Å². The van der Waals surface area contributed by atoms with E-state index >= 15 is 0 Å². The number of nitrogens with zero attached hydrogens (tertiary/aromatic N) is 8. The van der Waals surface area contributed by atoms with Crippen LogP contribution in [0.4, 0.5) is 28.7 Å². The summed E-state index contributed by atoms with van der Waals surface area (Å²) in [5, 5.41) is 4.01. The molecule has 0 radical (unpaired) electrons. The Morgan fingerprint density at radius 1 is 0.695 bits per heavy atom. The second kappa shape index (κ2) is 18.6.